The van der Waals surface area contributed by atoms with E-state index in [1.54, 1.807) is 24.1 Å². The maximum absolute atomic E-state index is 12.5. The van der Waals surface area contributed by atoms with Crippen molar-refractivity contribution in [2.75, 3.05) is 0 Å². The van der Waals surface area contributed by atoms with E-state index in [2.05, 4.69) is 9.97 Å². The van der Waals surface area contributed by atoms with E-state index in [4.69, 9.17) is 0 Å². The molecule has 0 fully saturated rings. The number of hydrogen-bond acceptors (Lipinski definition) is 4. The largest absolute Gasteiger partial charge is 0.332 e. The molecule has 0 unspecified atom stereocenters. The first-order chi connectivity index (χ1) is 11.6. The number of aromatic nitrogens is 5. The van der Waals surface area contributed by atoms with E-state index in [0.29, 0.717) is 17.7 Å². The Morgan fingerprint density at radius 2 is 1.79 bits per heavy atom. The molecular weight excluding hydrogens is 306 g/mol. The minimum atomic E-state index is -0.385. The minimum absolute atomic E-state index is 0.348. The van der Waals surface area contributed by atoms with Crippen LogP contribution in [-0.4, -0.2) is 23.7 Å². The van der Waals surface area contributed by atoms with Gasteiger partial charge in [-0.2, -0.15) is 0 Å². The summed E-state index contributed by atoms with van der Waals surface area (Å²) in [7, 11) is 3.09. The molecule has 7 heteroatoms. The maximum Gasteiger partial charge on any atom is 0.332 e. The fraction of sp³-hybridized carbons (Fsp3) is 0.176. The molecule has 0 spiro atoms. The molecule has 0 N–H and O–H groups in total. The molecule has 4 rings (SSSR count). The van der Waals surface area contributed by atoms with Crippen LogP contribution in [0.5, 0.6) is 0 Å². The first kappa shape index (κ1) is 14.4. The summed E-state index contributed by atoms with van der Waals surface area (Å²) in [5.74, 6) is 0. The summed E-state index contributed by atoms with van der Waals surface area (Å²) in [6.07, 6.45) is 3.34. The predicted octanol–water partition coefficient (Wildman–Crippen LogP) is 1.03. The van der Waals surface area contributed by atoms with Gasteiger partial charge in [-0.1, -0.05) is 24.3 Å². The van der Waals surface area contributed by atoms with Crippen molar-refractivity contribution in [2.45, 2.75) is 6.54 Å². The third-order valence-electron chi connectivity index (χ3n) is 4.27. The lowest BCUT2D eigenvalue weighted by molar-refractivity contribution is 0.702. The molecule has 3 aromatic heterocycles. The van der Waals surface area contributed by atoms with Crippen LogP contribution in [0.25, 0.3) is 22.1 Å². The summed E-state index contributed by atoms with van der Waals surface area (Å²) >= 11 is 0. The molecule has 0 amide bonds. The van der Waals surface area contributed by atoms with Gasteiger partial charge in [0.15, 0.2) is 11.2 Å². The standard InChI is InChI=1S/C17H15N5O2/c1-20-15-14(16(23)21(2)17(20)24)22(10-19-15)9-12-6-3-5-11-7-4-8-18-13(11)12/h3-8,10H,9H2,1-2H3. The van der Waals surface area contributed by atoms with Gasteiger partial charge in [-0.25, -0.2) is 9.78 Å². The van der Waals surface area contributed by atoms with Crippen molar-refractivity contribution < 1.29 is 0 Å². The number of rotatable bonds is 2. The van der Waals surface area contributed by atoms with E-state index in [0.717, 1.165) is 21.0 Å². The highest BCUT2D eigenvalue weighted by Gasteiger charge is 2.15. The van der Waals surface area contributed by atoms with Gasteiger partial charge in [-0.15, -0.1) is 0 Å². The molecule has 0 saturated heterocycles. The van der Waals surface area contributed by atoms with Crippen molar-refractivity contribution in [3.63, 3.8) is 0 Å². The molecule has 120 valence electrons. The Hall–Kier alpha value is -3.22. The number of fused-ring (bicyclic) bond motifs is 2. The normalized spacial score (nSPS) is 11.4. The SMILES string of the molecule is Cn1c(=O)c2c(ncn2Cc2cccc3cccnc23)n(C)c1=O. The van der Waals surface area contributed by atoms with E-state index in [9.17, 15) is 9.59 Å². The zero-order chi connectivity index (χ0) is 16.8. The van der Waals surface area contributed by atoms with Crippen molar-refractivity contribution in [1.29, 1.82) is 0 Å². The third-order valence-corrected chi connectivity index (χ3v) is 4.27. The number of nitrogens with zero attached hydrogens (tertiary/aromatic N) is 5. The Morgan fingerprint density at radius 1 is 1.00 bits per heavy atom. The number of para-hydroxylation sites is 1. The van der Waals surface area contributed by atoms with Gasteiger partial charge in [-0.3, -0.25) is 18.9 Å². The Morgan fingerprint density at radius 3 is 2.62 bits per heavy atom. The lowest BCUT2D eigenvalue weighted by atomic mass is 10.1. The second-order valence-electron chi connectivity index (χ2n) is 5.74. The highest BCUT2D eigenvalue weighted by atomic mass is 16.2. The van der Waals surface area contributed by atoms with Gasteiger partial charge in [0.25, 0.3) is 5.56 Å². The Kier molecular flexibility index (Phi) is 3.09. The van der Waals surface area contributed by atoms with Crippen LogP contribution in [0.4, 0.5) is 0 Å². The second-order valence-corrected chi connectivity index (χ2v) is 5.74. The molecule has 3 heterocycles. The average molecular weight is 321 g/mol. The Balaban J connectivity index is 1.95. The number of benzene rings is 1. The van der Waals surface area contributed by atoms with Crippen LogP contribution >= 0.6 is 0 Å². The highest BCUT2D eigenvalue weighted by molar-refractivity contribution is 5.81. The molecule has 0 saturated carbocycles. The molecule has 0 radical (unpaired) electrons. The van der Waals surface area contributed by atoms with E-state index in [-0.39, 0.29) is 11.2 Å². The average Bonchev–Trinajstić information content (AvgIpc) is 3.02. The minimum Gasteiger partial charge on any atom is -0.320 e. The van der Waals surface area contributed by atoms with Gasteiger partial charge < -0.3 is 4.57 Å². The maximum atomic E-state index is 12.5. The number of imidazole rings is 1. The molecule has 0 aliphatic rings. The number of aryl methyl sites for hydroxylation is 1. The highest BCUT2D eigenvalue weighted by Crippen LogP contribution is 2.18. The van der Waals surface area contributed by atoms with Crippen molar-refractivity contribution in [2.24, 2.45) is 14.1 Å². The van der Waals surface area contributed by atoms with E-state index in [1.165, 1.54) is 11.6 Å². The van der Waals surface area contributed by atoms with Crippen LogP contribution in [0.3, 0.4) is 0 Å². The zero-order valence-corrected chi connectivity index (χ0v) is 13.3. The van der Waals surface area contributed by atoms with Gasteiger partial charge in [-0.05, 0) is 11.6 Å². The summed E-state index contributed by atoms with van der Waals surface area (Å²) in [5.41, 5.74) is 1.94. The van der Waals surface area contributed by atoms with Crippen LogP contribution < -0.4 is 11.2 Å². The quantitative estimate of drug-likeness (QED) is 0.553. The summed E-state index contributed by atoms with van der Waals surface area (Å²) in [4.78, 5) is 33.2. The lowest BCUT2D eigenvalue weighted by Crippen LogP contribution is -2.37. The summed E-state index contributed by atoms with van der Waals surface area (Å²) in [6.45, 7) is 0.457. The molecule has 24 heavy (non-hydrogen) atoms. The topological polar surface area (TPSA) is 74.7 Å². The second kappa shape index (κ2) is 5.16. The van der Waals surface area contributed by atoms with E-state index in [1.807, 2.05) is 30.3 Å². The van der Waals surface area contributed by atoms with Crippen LogP contribution in [-0.2, 0) is 20.6 Å². The fourth-order valence-electron chi connectivity index (χ4n) is 3.00. The molecular formula is C17H15N5O2. The number of hydrogen-bond donors (Lipinski definition) is 0. The van der Waals surface area contributed by atoms with Crippen LogP contribution in [0, 0.1) is 0 Å². The van der Waals surface area contributed by atoms with Gasteiger partial charge in [0, 0.05) is 25.7 Å². The van der Waals surface area contributed by atoms with Crippen LogP contribution in [0.2, 0.25) is 0 Å². The molecule has 0 atom stereocenters. The van der Waals surface area contributed by atoms with Crippen LogP contribution in [0.1, 0.15) is 5.56 Å². The van der Waals surface area contributed by atoms with Gasteiger partial charge in [0.05, 0.1) is 18.4 Å². The van der Waals surface area contributed by atoms with Gasteiger partial charge >= 0.3 is 5.69 Å². The van der Waals surface area contributed by atoms with Gasteiger partial charge in [0.2, 0.25) is 0 Å². The van der Waals surface area contributed by atoms with E-state index < -0.39 is 0 Å². The zero-order valence-electron chi connectivity index (χ0n) is 13.3. The number of pyridine rings is 1. The molecule has 0 aliphatic carbocycles. The Bertz CT molecular complexity index is 1190. The molecule has 7 nitrogen and oxygen atoms in total. The first-order valence-corrected chi connectivity index (χ1v) is 7.51. The summed E-state index contributed by atoms with van der Waals surface area (Å²) in [5, 5.41) is 1.04. The molecule has 4 aromatic rings. The van der Waals surface area contributed by atoms with Crippen LogP contribution in [0.15, 0.2) is 52.4 Å². The Labute approximate surface area is 136 Å². The smallest absolute Gasteiger partial charge is 0.320 e. The van der Waals surface area contributed by atoms with Crippen molar-refractivity contribution >= 4 is 22.1 Å². The molecule has 0 bridgehead atoms. The van der Waals surface area contributed by atoms with Gasteiger partial charge in [0.1, 0.15) is 0 Å². The summed E-state index contributed by atoms with van der Waals surface area (Å²) < 4.78 is 4.25. The molecule has 0 aliphatic heterocycles. The first-order valence-electron chi connectivity index (χ1n) is 7.51. The summed E-state index contributed by atoms with van der Waals surface area (Å²) in [6, 6.07) is 9.84. The monoisotopic (exact) mass is 321 g/mol. The van der Waals surface area contributed by atoms with Crippen molar-refractivity contribution in [1.82, 2.24) is 23.7 Å². The predicted molar refractivity (Wildman–Crippen MR) is 91.1 cm³/mol. The van der Waals surface area contributed by atoms with Crippen molar-refractivity contribution in [3.8, 4) is 0 Å². The lowest BCUT2D eigenvalue weighted by Gasteiger charge is -2.08. The molecule has 1 aromatic carbocycles. The fourth-order valence-corrected chi connectivity index (χ4v) is 3.00. The van der Waals surface area contributed by atoms with Crippen molar-refractivity contribution in [3.05, 3.63) is 69.3 Å². The third kappa shape index (κ3) is 1.98. The van der Waals surface area contributed by atoms with E-state index >= 15 is 0 Å².